The maximum Gasteiger partial charge on any atom is 0.308 e. The van der Waals surface area contributed by atoms with Gasteiger partial charge in [0.25, 0.3) is 0 Å². The molecule has 1 N–H and O–H groups in total. The second-order valence-electron chi connectivity index (χ2n) is 16.2. The summed E-state index contributed by atoms with van der Waals surface area (Å²) in [6.07, 6.45) is 35.0. The maximum atomic E-state index is 13.3. The number of esters is 3. The van der Waals surface area contributed by atoms with Crippen molar-refractivity contribution in [3.63, 3.8) is 0 Å². The van der Waals surface area contributed by atoms with E-state index in [2.05, 4.69) is 37.8 Å². The third-order valence-electron chi connectivity index (χ3n) is 10.9. The number of likely N-dealkylation sites (tertiary alicyclic amines) is 1. The molecule has 2 atom stereocenters. The maximum absolute atomic E-state index is 13.3. The second-order valence-corrected chi connectivity index (χ2v) is 16.2. The summed E-state index contributed by atoms with van der Waals surface area (Å²) in [5.41, 5.74) is 0. The van der Waals surface area contributed by atoms with Crippen molar-refractivity contribution < 1.29 is 33.7 Å². The molecule has 0 aromatic heterocycles. The van der Waals surface area contributed by atoms with Crippen LogP contribution < -0.4 is 0 Å². The first-order valence-electron chi connectivity index (χ1n) is 22.9. The Kier molecular flexibility index (Phi) is 34.0. The molecule has 0 radical (unpaired) electrons. The van der Waals surface area contributed by atoms with Crippen LogP contribution in [0.15, 0.2) is 12.2 Å². The van der Waals surface area contributed by atoms with Gasteiger partial charge >= 0.3 is 17.9 Å². The van der Waals surface area contributed by atoms with Crippen LogP contribution in [0.5, 0.6) is 0 Å². The highest BCUT2D eigenvalue weighted by Gasteiger charge is 2.26. The molecule has 0 aromatic carbocycles. The normalized spacial score (nSPS) is 14.6. The van der Waals surface area contributed by atoms with Crippen LogP contribution in [0, 0.1) is 17.8 Å². The van der Waals surface area contributed by atoms with Gasteiger partial charge in [0.1, 0.15) is 19.8 Å². The monoisotopic (exact) mass is 764 g/mol. The van der Waals surface area contributed by atoms with Gasteiger partial charge in [-0.3, -0.25) is 14.4 Å². The minimum atomic E-state index is -0.397. The number of hydrogen-bond acceptors (Lipinski definition) is 8. The summed E-state index contributed by atoms with van der Waals surface area (Å²) in [7, 11) is 0. The molecule has 8 heteroatoms. The Morgan fingerprint density at radius 3 is 1.52 bits per heavy atom. The molecule has 1 aliphatic heterocycles. The van der Waals surface area contributed by atoms with Crippen LogP contribution in [0.4, 0.5) is 0 Å². The lowest BCUT2D eigenvalue weighted by Gasteiger charge is -2.38. The molecule has 1 rings (SSSR count). The Morgan fingerprint density at radius 2 is 1.00 bits per heavy atom. The van der Waals surface area contributed by atoms with E-state index in [0.29, 0.717) is 25.2 Å². The van der Waals surface area contributed by atoms with E-state index in [1.807, 2.05) is 0 Å². The van der Waals surface area contributed by atoms with Crippen molar-refractivity contribution in [1.29, 1.82) is 0 Å². The number of carbonyl (C=O) groups is 3. The number of allylic oxidation sites excluding steroid dienone is 2. The van der Waals surface area contributed by atoms with Crippen molar-refractivity contribution in [2.45, 2.75) is 201 Å². The quantitative estimate of drug-likeness (QED) is 0.0286. The molecule has 1 fully saturated rings. The molecule has 0 amide bonds. The summed E-state index contributed by atoms with van der Waals surface area (Å²) in [5, 5.41) is 9.23. The van der Waals surface area contributed by atoms with Gasteiger partial charge < -0.3 is 24.2 Å². The van der Waals surface area contributed by atoms with Gasteiger partial charge in [0.05, 0.1) is 11.8 Å². The third-order valence-corrected chi connectivity index (χ3v) is 10.9. The Balaban J connectivity index is 2.47. The van der Waals surface area contributed by atoms with Crippen molar-refractivity contribution in [2.24, 2.45) is 17.8 Å². The Hall–Kier alpha value is -1.93. The molecule has 0 spiro atoms. The molecule has 1 saturated heterocycles. The van der Waals surface area contributed by atoms with Gasteiger partial charge in [-0.15, -0.1) is 0 Å². The van der Waals surface area contributed by atoms with E-state index in [-0.39, 0.29) is 50.3 Å². The Labute approximate surface area is 332 Å². The van der Waals surface area contributed by atoms with Crippen LogP contribution in [0.2, 0.25) is 0 Å². The molecular formula is C46H85NO7. The average molecular weight is 764 g/mol. The first-order chi connectivity index (χ1) is 26.4. The number of carbonyl (C=O) groups excluding carboxylic acids is 3. The Morgan fingerprint density at radius 1 is 0.574 bits per heavy atom. The van der Waals surface area contributed by atoms with Gasteiger partial charge in [0.15, 0.2) is 0 Å². The Bertz CT molecular complexity index is 919. The lowest BCUT2D eigenvalue weighted by atomic mass is 9.94. The number of rotatable bonds is 39. The second kappa shape index (κ2) is 36.7. The molecule has 8 nitrogen and oxygen atoms in total. The molecule has 0 aromatic rings. The van der Waals surface area contributed by atoms with Gasteiger partial charge in [-0.1, -0.05) is 148 Å². The summed E-state index contributed by atoms with van der Waals surface area (Å²) >= 11 is 0. The van der Waals surface area contributed by atoms with Crippen LogP contribution in [0.1, 0.15) is 201 Å². The average Bonchev–Trinajstić information content (AvgIpc) is 3.15. The van der Waals surface area contributed by atoms with Crippen molar-refractivity contribution in [3.8, 4) is 0 Å². The molecule has 316 valence electrons. The lowest BCUT2D eigenvalue weighted by Crippen LogP contribution is -2.48. The fourth-order valence-electron chi connectivity index (χ4n) is 7.16. The highest BCUT2D eigenvalue weighted by Crippen LogP contribution is 2.21. The summed E-state index contributed by atoms with van der Waals surface area (Å²) in [5.74, 6) is -0.878. The molecular weight excluding hydrogens is 679 g/mol. The van der Waals surface area contributed by atoms with Gasteiger partial charge in [-0.25, -0.2) is 0 Å². The van der Waals surface area contributed by atoms with Crippen LogP contribution in [-0.2, 0) is 28.6 Å². The first kappa shape index (κ1) is 50.1. The smallest absolute Gasteiger partial charge is 0.308 e. The van der Waals surface area contributed by atoms with Crippen molar-refractivity contribution in [2.75, 3.05) is 46.1 Å². The molecule has 0 saturated carbocycles. The number of ether oxygens (including phenoxy) is 3. The summed E-state index contributed by atoms with van der Waals surface area (Å²) in [4.78, 5) is 40.8. The largest absolute Gasteiger partial charge is 0.465 e. The summed E-state index contributed by atoms with van der Waals surface area (Å²) < 4.78 is 17.1. The zero-order chi connectivity index (χ0) is 39.3. The highest BCUT2D eigenvalue weighted by molar-refractivity contribution is 5.72. The zero-order valence-corrected chi connectivity index (χ0v) is 35.5. The van der Waals surface area contributed by atoms with Crippen LogP contribution >= 0.6 is 0 Å². The topological polar surface area (TPSA) is 102 Å². The number of aliphatic hydroxyl groups excluding tert-OH is 1. The molecule has 1 heterocycles. The van der Waals surface area contributed by atoms with E-state index >= 15 is 0 Å². The van der Waals surface area contributed by atoms with Gasteiger partial charge in [-0.05, 0) is 57.9 Å². The molecule has 54 heavy (non-hydrogen) atoms. The molecule has 0 bridgehead atoms. The molecule has 1 aliphatic rings. The third kappa shape index (κ3) is 29.4. The van der Waals surface area contributed by atoms with Crippen molar-refractivity contribution in [1.82, 2.24) is 4.90 Å². The predicted octanol–water partition coefficient (Wildman–Crippen LogP) is 11.3. The molecule has 0 aliphatic carbocycles. The lowest BCUT2D eigenvalue weighted by molar-refractivity contribution is -0.156. The first-order valence-corrected chi connectivity index (χ1v) is 22.9. The van der Waals surface area contributed by atoms with Crippen molar-refractivity contribution in [3.05, 3.63) is 12.2 Å². The molecule has 2 unspecified atom stereocenters. The van der Waals surface area contributed by atoms with Gasteiger partial charge in [0.2, 0.25) is 0 Å². The highest BCUT2D eigenvalue weighted by atomic mass is 16.6. The van der Waals surface area contributed by atoms with E-state index in [1.165, 1.54) is 89.9 Å². The van der Waals surface area contributed by atoms with E-state index < -0.39 is 5.92 Å². The number of nitrogens with zero attached hydrogens (tertiary/aromatic N) is 1. The predicted molar refractivity (Wildman–Crippen MR) is 222 cm³/mol. The van der Waals surface area contributed by atoms with E-state index in [1.54, 1.807) is 0 Å². The SMILES string of the molecule is CCCCCCCC/C=C\CCCCCCCC(=O)OCC(COC(=O)CCCN1CC(CO)C1)COC(=O)C(CCCCCC)CCCCCCCC. The fraction of sp³-hybridized carbons (Fsp3) is 0.891. The van der Waals surface area contributed by atoms with E-state index in [9.17, 15) is 19.5 Å². The van der Waals surface area contributed by atoms with Gasteiger partial charge in [-0.2, -0.15) is 0 Å². The van der Waals surface area contributed by atoms with E-state index in [4.69, 9.17) is 14.2 Å². The minimum Gasteiger partial charge on any atom is -0.465 e. The zero-order valence-electron chi connectivity index (χ0n) is 35.5. The van der Waals surface area contributed by atoms with Crippen LogP contribution in [-0.4, -0.2) is 74.0 Å². The van der Waals surface area contributed by atoms with Gasteiger partial charge in [0, 0.05) is 38.5 Å². The summed E-state index contributed by atoms with van der Waals surface area (Å²) in [6, 6.07) is 0. The minimum absolute atomic E-state index is 0.0572. The number of hydrogen-bond donors (Lipinski definition) is 1. The summed E-state index contributed by atoms with van der Waals surface area (Å²) in [6.45, 7) is 9.64. The number of aliphatic hydroxyl groups is 1. The standard InChI is InChI=1S/C46H85NO7/c1-4-7-10-13-15-16-17-18-19-20-21-22-23-25-28-32-44(49)52-38-42(39-53-45(50)33-29-34-47-35-41(36-47)37-48)40-54-46(51)43(30-26-12-9-6-3)31-27-24-14-11-8-5-2/h18-19,41-43,48H,4-17,20-40H2,1-3H3/b19-18-. The fourth-order valence-corrected chi connectivity index (χ4v) is 7.16. The van der Waals surface area contributed by atoms with Crippen LogP contribution in [0.25, 0.3) is 0 Å². The number of unbranched alkanes of at least 4 members (excludes halogenated alkanes) is 19. The van der Waals surface area contributed by atoms with E-state index in [0.717, 1.165) is 90.3 Å². The van der Waals surface area contributed by atoms with Crippen LogP contribution in [0.3, 0.4) is 0 Å². The van der Waals surface area contributed by atoms with Crippen molar-refractivity contribution >= 4 is 17.9 Å².